The van der Waals surface area contributed by atoms with Gasteiger partial charge >= 0.3 is 11.9 Å². The highest BCUT2D eigenvalue weighted by atomic mass is 16.7. The lowest BCUT2D eigenvalue weighted by Crippen LogP contribution is -2.61. The first-order chi connectivity index (χ1) is 23.9. The zero-order valence-electron chi connectivity index (χ0n) is 34.9. The zero-order chi connectivity index (χ0) is 39.7. The smallest absolute Gasteiger partial charge is 0.311 e. The Morgan fingerprint density at radius 3 is 2.02 bits per heavy atom. The molecule has 0 radical (unpaired) electrons. The zero-order valence-corrected chi connectivity index (χ0v) is 34.9. The molecule has 3 rings (SSSR count). The third-order valence-corrected chi connectivity index (χ3v) is 13.3. The number of esters is 2. The third kappa shape index (κ3) is 10.1. The van der Waals surface area contributed by atoms with Gasteiger partial charge in [-0.2, -0.15) is 0 Å². The fourth-order valence-corrected chi connectivity index (χ4v) is 9.25. The summed E-state index contributed by atoms with van der Waals surface area (Å²) in [6.07, 6.45) is -4.30. The van der Waals surface area contributed by atoms with Crippen LogP contribution in [0, 0.1) is 52.3 Å². The van der Waals surface area contributed by atoms with Crippen molar-refractivity contribution in [3.63, 3.8) is 0 Å². The second kappa shape index (κ2) is 17.6. The van der Waals surface area contributed by atoms with Crippen molar-refractivity contribution in [2.24, 2.45) is 52.3 Å². The van der Waals surface area contributed by atoms with Crippen molar-refractivity contribution in [1.29, 1.82) is 0 Å². The van der Waals surface area contributed by atoms with E-state index in [2.05, 4.69) is 55.4 Å². The number of aliphatic hydroxyl groups excluding tert-OH is 2. The van der Waals surface area contributed by atoms with E-state index in [4.69, 9.17) is 28.4 Å². The first kappa shape index (κ1) is 45.1. The van der Waals surface area contributed by atoms with E-state index in [9.17, 15) is 24.9 Å². The van der Waals surface area contributed by atoms with E-state index in [0.717, 1.165) is 6.42 Å². The number of cyclic esters (lactones) is 1. The van der Waals surface area contributed by atoms with Gasteiger partial charge in [-0.25, -0.2) is 0 Å². The fraction of sp³-hybridized carbons (Fsp3) is 0.951. The van der Waals surface area contributed by atoms with Gasteiger partial charge in [-0.05, 0) is 68.6 Å². The van der Waals surface area contributed by atoms with Crippen LogP contribution in [-0.4, -0.2) is 94.8 Å². The molecule has 0 spiro atoms. The van der Waals surface area contributed by atoms with Crippen molar-refractivity contribution in [3.05, 3.63) is 0 Å². The number of ether oxygens (including phenoxy) is 6. The summed E-state index contributed by atoms with van der Waals surface area (Å²) in [6, 6.07) is 0. The first-order valence-electron chi connectivity index (χ1n) is 19.9. The van der Waals surface area contributed by atoms with E-state index in [0.29, 0.717) is 18.8 Å². The summed E-state index contributed by atoms with van der Waals surface area (Å²) in [5.41, 5.74) is -2.91. The van der Waals surface area contributed by atoms with Gasteiger partial charge in [0.15, 0.2) is 18.2 Å². The number of aliphatic hydroxyl groups is 3. The normalized spacial score (nSPS) is 46.5. The highest BCUT2D eigenvalue weighted by Gasteiger charge is 2.53. The average Bonchev–Trinajstić information content (AvgIpc) is 3.05. The van der Waals surface area contributed by atoms with Gasteiger partial charge in [0, 0.05) is 31.1 Å². The standard InChI is InChI=1S/C41H74O11/c1-16-31-41(46,20-47-30(11)42)35(44)25(6)33(43)22(3)18-40(14,15)36(52-38-24(5)21(2)17-23(4)48-38)26(7)34(27(8)37(45)50-31)51-32-19-39(12,13)28(9)29(10)49-32/h21-29,31-36,38,43-44,46H,16-20H2,1-15H3/t21-,22+,23+,24+,25-,26-,27+,28-,29-,31+,32-,33-,34-,35?,36+,38-,41+/m0/s1. The van der Waals surface area contributed by atoms with E-state index in [1.807, 2.05) is 20.8 Å². The molecule has 3 N–H and O–H groups in total. The van der Waals surface area contributed by atoms with Gasteiger partial charge < -0.3 is 43.7 Å². The van der Waals surface area contributed by atoms with Crippen LogP contribution in [0.2, 0.25) is 0 Å². The van der Waals surface area contributed by atoms with Crippen LogP contribution in [0.4, 0.5) is 0 Å². The van der Waals surface area contributed by atoms with Crippen LogP contribution >= 0.6 is 0 Å². The van der Waals surface area contributed by atoms with Crippen LogP contribution in [0.1, 0.15) is 130 Å². The predicted octanol–water partition coefficient (Wildman–Crippen LogP) is 6.27. The lowest BCUT2D eigenvalue weighted by atomic mass is 9.68. The van der Waals surface area contributed by atoms with Crippen LogP contribution in [0.3, 0.4) is 0 Å². The molecule has 1 unspecified atom stereocenters. The van der Waals surface area contributed by atoms with Crippen LogP contribution in [0.25, 0.3) is 0 Å². The van der Waals surface area contributed by atoms with Crippen molar-refractivity contribution in [2.75, 3.05) is 6.61 Å². The molecule has 3 fully saturated rings. The van der Waals surface area contributed by atoms with Gasteiger partial charge in [-0.1, -0.05) is 76.2 Å². The molecule has 0 aliphatic carbocycles. The summed E-state index contributed by atoms with van der Waals surface area (Å²) in [5.74, 6) is -3.07. The number of carbonyl (C=O) groups excluding carboxylic acids is 2. The van der Waals surface area contributed by atoms with Crippen LogP contribution in [0.5, 0.6) is 0 Å². The Bertz CT molecular complexity index is 1180. The molecule has 0 amide bonds. The molecular formula is C41H74O11. The van der Waals surface area contributed by atoms with Gasteiger partial charge in [0.25, 0.3) is 0 Å². The van der Waals surface area contributed by atoms with Gasteiger partial charge in [-0.3, -0.25) is 9.59 Å². The predicted molar refractivity (Wildman–Crippen MR) is 198 cm³/mol. The molecule has 304 valence electrons. The van der Waals surface area contributed by atoms with Gasteiger partial charge in [0.1, 0.15) is 12.7 Å². The molecule has 17 atom stereocenters. The van der Waals surface area contributed by atoms with Crippen LogP contribution in [-0.2, 0) is 38.0 Å². The van der Waals surface area contributed by atoms with Crippen molar-refractivity contribution in [1.82, 2.24) is 0 Å². The van der Waals surface area contributed by atoms with E-state index >= 15 is 0 Å². The van der Waals surface area contributed by atoms with E-state index in [1.165, 1.54) is 6.92 Å². The van der Waals surface area contributed by atoms with Gasteiger partial charge in [-0.15, -0.1) is 0 Å². The molecule has 3 aliphatic heterocycles. The minimum atomic E-state index is -2.20. The Labute approximate surface area is 314 Å². The van der Waals surface area contributed by atoms with Crippen LogP contribution in [0.15, 0.2) is 0 Å². The van der Waals surface area contributed by atoms with Gasteiger partial charge in [0.2, 0.25) is 0 Å². The maximum atomic E-state index is 14.4. The molecular weight excluding hydrogens is 668 g/mol. The molecule has 52 heavy (non-hydrogen) atoms. The summed E-state index contributed by atoms with van der Waals surface area (Å²) in [4.78, 5) is 26.3. The maximum Gasteiger partial charge on any atom is 0.311 e. The second-order valence-corrected chi connectivity index (χ2v) is 18.5. The molecule has 11 heteroatoms. The second-order valence-electron chi connectivity index (χ2n) is 18.5. The molecule has 3 heterocycles. The molecule has 3 saturated heterocycles. The Morgan fingerprint density at radius 2 is 1.46 bits per heavy atom. The third-order valence-electron chi connectivity index (χ3n) is 13.3. The van der Waals surface area contributed by atoms with Gasteiger partial charge in [0.05, 0.1) is 42.5 Å². The SMILES string of the molecule is CC[C@H]1OC(=O)[C@H](C)[C@@H](O[C@H]2CC(C)(C)[C@@H](C)[C@H](C)O2)[C@H](C)[C@@H](O[C@@H]2O[C@H](C)C[C@H](C)[C@H]2C)C(C)(C)C[C@@H](C)[C@H](O)[C@H](C)C(O)[C@@]1(O)COC(C)=O. The molecule has 0 saturated carbocycles. The Balaban J connectivity index is 2.19. The van der Waals surface area contributed by atoms with Crippen molar-refractivity contribution in [3.8, 4) is 0 Å². The fourth-order valence-electron chi connectivity index (χ4n) is 9.25. The lowest BCUT2D eigenvalue weighted by molar-refractivity contribution is -0.294. The van der Waals surface area contributed by atoms with E-state index in [1.54, 1.807) is 20.8 Å². The Morgan fingerprint density at radius 1 is 0.846 bits per heavy atom. The number of hydrogen-bond donors (Lipinski definition) is 3. The highest BCUT2D eigenvalue weighted by molar-refractivity contribution is 5.73. The largest absolute Gasteiger partial charge is 0.463 e. The molecule has 11 nitrogen and oxygen atoms in total. The summed E-state index contributed by atoms with van der Waals surface area (Å²) >= 11 is 0. The highest BCUT2D eigenvalue weighted by Crippen LogP contribution is 2.46. The van der Waals surface area contributed by atoms with Crippen molar-refractivity contribution in [2.45, 2.75) is 190 Å². The Hall–Kier alpha value is -1.34. The topological polar surface area (TPSA) is 150 Å². The lowest BCUT2D eigenvalue weighted by Gasteiger charge is -2.50. The van der Waals surface area contributed by atoms with E-state index < -0.39 is 90.4 Å². The number of rotatable bonds is 7. The average molecular weight is 743 g/mol. The summed E-state index contributed by atoms with van der Waals surface area (Å²) in [7, 11) is 0. The van der Waals surface area contributed by atoms with Crippen molar-refractivity contribution < 1.29 is 53.3 Å². The first-order valence-corrected chi connectivity index (χ1v) is 19.9. The molecule has 0 bridgehead atoms. The molecule has 0 aromatic rings. The molecule has 0 aromatic heterocycles. The monoisotopic (exact) mass is 743 g/mol. The summed E-state index contributed by atoms with van der Waals surface area (Å²) < 4.78 is 38.3. The van der Waals surface area contributed by atoms with Crippen molar-refractivity contribution >= 4 is 11.9 Å². The minimum absolute atomic E-state index is 0.00946. The summed E-state index contributed by atoms with van der Waals surface area (Å²) in [5, 5.41) is 35.7. The minimum Gasteiger partial charge on any atom is -0.463 e. The molecule has 0 aromatic carbocycles. The maximum absolute atomic E-state index is 14.4. The number of hydrogen-bond acceptors (Lipinski definition) is 11. The summed E-state index contributed by atoms with van der Waals surface area (Å²) in [6.45, 7) is 28.9. The van der Waals surface area contributed by atoms with E-state index in [-0.39, 0.29) is 41.8 Å². The Kier molecular flexibility index (Phi) is 15.3. The number of carbonyl (C=O) groups is 2. The van der Waals surface area contributed by atoms with Crippen LogP contribution < -0.4 is 0 Å². The molecule has 3 aliphatic rings. The quantitative estimate of drug-likeness (QED) is 0.253.